The van der Waals surface area contributed by atoms with Crippen LogP contribution in [-0.2, 0) is 4.74 Å². The third-order valence-corrected chi connectivity index (χ3v) is 3.36. The van der Waals surface area contributed by atoms with Crippen LogP contribution < -0.4 is 4.90 Å². The minimum Gasteiger partial charge on any atom is -0.444 e. The predicted molar refractivity (Wildman–Crippen MR) is 81.7 cm³/mol. The summed E-state index contributed by atoms with van der Waals surface area (Å²) in [5.41, 5.74) is -0.479. The molecule has 0 radical (unpaired) electrons. The molecule has 0 spiro atoms. The van der Waals surface area contributed by atoms with E-state index in [1.807, 2.05) is 32.6 Å². The number of piperazine rings is 1. The molecule has 1 amide bonds. The zero-order chi connectivity index (χ0) is 15.6. The summed E-state index contributed by atoms with van der Waals surface area (Å²) in [7, 11) is 0. The summed E-state index contributed by atoms with van der Waals surface area (Å²) in [6.45, 7) is 9.43. The zero-order valence-corrected chi connectivity index (χ0v) is 13.6. The van der Waals surface area contributed by atoms with Crippen LogP contribution in [-0.4, -0.2) is 52.2 Å². The van der Waals surface area contributed by atoms with Gasteiger partial charge in [-0.1, -0.05) is 11.6 Å². The Morgan fingerprint density at radius 3 is 2.71 bits per heavy atom. The van der Waals surface area contributed by atoms with Gasteiger partial charge < -0.3 is 14.5 Å². The van der Waals surface area contributed by atoms with Gasteiger partial charge in [-0.25, -0.2) is 14.8 Å². The van der Waals surface area contributed by atoms with Crippen LogP contribution in [0.2, 0.25) is 5.15 Å². The molecule has 0 N–H and O–H groups in total. The molecule has 1 saturated heterocycles. The summed E-state index contributed by atoms with van der Waals surface area (Å²) < 4.78 is 5.40. The van der Waals surface area contributed by atoms with Crippen molar-refractivity contribution in [1.82, 2.24) is 14.9 Å². The molecule has 0 saturated carbocycles. The number of halogens is 1. The van der Waals surface area contributed by atoms with Gasteiger partial charge in [0.15, 0.2) is 0 Å². The molecule has 116 valence electrons. The van der Waals surface area contributed by atoms with E-state index in [1.165, 1.54) is 0 Å². The number of hydrogen-bond acceptors (Lipinski definition) is 5. The molecule has 0 aliphatic carbocycles. The summed E-state index contributed by atoms with van der Waals surface area (Å²) in [5.74, 6) is 0.596. The van der Waals surface area contributed by atoms with Crippen LogP contribution >= 0.6 is 11.6 Å². The molecule has 1 aromatic heterocycles. The Balaban J connectivity index is 2.01. The molecule has 1 aliphatic rings. The van der Waals surface area contributed by atoms with Crippen molar-refractivity contribution >= 4 is 23.6 Å². The fraction of sp³-hybridized carbons (Fsp3) is 0.643. The van der Waals surface area contributed by atoms with Crippen molar-refractivity contribution in [1.29, 1.82) is 0 Å². The molecule has 6 nitrogen and oxygen atoms in total. The maximum atomic E-state index is 12.1. The van der Waals surface area contributed by atoms with E-state index in [-0.39, 0.29) is 12.1 Å². The lowest BCUT2D eigenvalue weighted by molar-refractivity contribution is 0.0218. The van der Waals surface area contributed by atoms with Crippen molar-refractivity contribution in [2.45, 2.75) is 39.3 Å². The number of carbonyl (C=O) groups is 1. The van der Waals surface area contributed by atoms with Gasteiger partial charge in [-0.2, -0.15) is 0 Å². The predicted octanol–water partition coefficient (Wildman–Crippen LogP) is 2.58. The fourth-order valence-electron chi connectivity index (χ4n) is 2.21. The molecule has 1 aromatic rings. The van der Waals surface area contributed by atoms with Crippen molar-refractivity contribution in [2.24, 2.45) is 0 Å². The van der Waals surface area contributed by atoms with Crippen LogP contribution in [0.5, 0.6) is 0 Å². The van der Waals surface area contributed by atoms with Gasteiger partial charge >= 0.3 is 6.09 Å². The summed E-state index contributed by atoms with van der Waals surface area (Å²) in [4.78, 5) is 24.3. The summed E-state index contributed by atoms with van der Waals surface area (Å²) in [6.07, 6.45) is 1.36. The minimum absolute atomic E-state index is 0.102. The van der Waals surface area contributed by atoms with Gasteiger partial charge in [-0.05, 0) is 33.8 Å². The quantitative estimate of drug-likeness (QED) is 0.746. The first-order chi connectivity index (χ1) is 9.76. The summed E-state index contributed by atoms with van der Waals surface area (Å²) in [6, 6.07) is 1.75. The number of amides is 1. The smallest absolute Gasteiger partial charge is 0.410 e. The van der Waals surface area contributed by atoms with Crippen LogP contribution in [0.25, 0.3) is 0 Å². The van der Waals surface area contributed by atoms with Gasteiger partial charge in [-0.3, -0.25) is 0 Å². The highest BCUT2D eigenvalue weighted by molar-refractivity contribution is 6.29. The highest BCUT2D eigenvalue weighted by atomic mass is 35.5. The molecule has 0 unspecified atom stereocenters. The zero-order valence-electron chi connectivity index (χ0n) is 12.8. The van der Waals surface area contributed by atoms with E-state index in [2.05, 4.69) is 9.97 Å². The Kier molecular flexibility index (Phi) is 4.56. The number of nitrogens with zero attached hydrogens (tertiary/aromatic N) is 4. The second kappa shape index (κ2) is 6.05. The molecule has 2 rings (SSSR count). The van der Waals surface area contributed by atoms with Crippen molar-refractivity contribution in [3.8, 4) is 0 Å². The minimum atomic E-state index is -0.479. The number of carbonyl (C=O) groups excluding carboxylic acids is 1. The number of anilines is 1. The van der Waals surface area contributed by atoms with Gasteiger partial charge in [0.2, 0.25) is 5.95 Å². The number of rotatable bonds is 1. The highest BCUT2D eigenvalue weighted by Crippen LogP contribution is 2.19. The topological polar surface area (TPSA) is 58.6 Å². The molecular formula is C14H21ClN4O2. The first-order valence-electron chi connectivity index (χ1n) is 6.99. The van der Waals surface area contributed by atoms with E-state index in [0.29, 0.717) is 30.7 Å². The lowest BCUT2D eigenvalue weighted by atomic mass is 10.2. The van der Waals surface area contributed by atoms with Crippen LogP contribution in [0.4, 0.5) is 10.7 Å². The SMILES string of the molecule is C[C@@H]1CN(C(=O)OC(C)(C)C)CCN1c1nccc(Cl)n1. The normalized spacial score (nSPS) is 19.6. The van der Waals surface area contributed by atoms with Crippen LogP contribution in [0.15, 0.2) is 12.3 Å². The van der Waals surface area contributed by atoms with Crippen molar-refractivity contribution in [3.05, 3.63) is 17.4 Å². The second-order valence-electron chi connectivity index (χ2n) is 6.15. The summed E-state index contributed by atoms with van der Waals surface area (Å²) >= 11 is 5.90. The maximum Gasteiger partial charge on any atom is 0.410 e. The van der Waals surface area contributed by atoms with Gasteiger partial charge in [-0.15, -0.1) is 0 Å². The highest BCUT2D eigenvalue weighted by Gasteiger charge is 2.30. The van der Waals surface area contributed by atoms with Crippen molar-refractivity contribution < 1.29 is 9.53 Å². The standard InChI is InChI=1S/C14H21ClN4O2/c1-10-9-18(13(20)21-14(2,3)4)7-8-19(10)12-16-6-5-11(15)17-12/h5-6,10H,7-9H2,1-4H3/t10-/m1/s1. The third-order valence-electron chi connectivity index (χ3n) is 3.14. The van der Waals surface area contributed by atoms with Gasteiger partial charge in [0.25, 0.3) is 0 Å². The summed E-state index contributed by atoms with van der Waals surface area (Å²) in [5, 5.41) is 0.418. The van der Waals surface area contributed by atoms with Gasteiger partial charge in [0.05, 0.1) is 0 Å². The lowest BCUT2D eigenvalue weighted by Crippen LogP contribution is -2.55. The van der Waals surface area contributed by atoms with E-state index in [0.717, 1.165) is 0 Å². The maximum absolute atomic E-state index is 12.1. The Morgan fingerprint density at radius 1 is 1.43 bits per heavy atom. The Labute approximate surface area is 130 Å². The van der Waals surface area contributed by atoms with Crippen LogP contribution in [0.3, 0.4) is 0 Å². The average molecular weight is 313 g/mol. The first kappa shape index (κ1) is 15.8. The molecular weight excluding hydrogens is 292 g/mol. The number of ether oxygens (including phenoxy) is 1. The second-order valence-corrected chi connectivity index (χ2v) is 6.54. The van der Waals surface area contributed by atoms with E-state index in [1.54, 1.807) is 17.2 Å². The fourth-order valence-corrected chi connectivity index (χ4v) is 2.34. The van der Waals surface area contributed by atoms with Crippen LogP contribution in [0, 0.1) is 0 Å². The third kappa shape index (κ3) is 4.20. The van der Waals surface area contributed by atoms with E-state index in [4.69, 9.17) is 16.3 Å². The molecule has 0 bridgehead atoms. The molecule has 0 aromatic carbocycles. The number of aromatic nitrogens is 2. The first-order valence-corrected chi connectivity index (χ1v) is 7.37. The Hall–Kier alpha value is -1.56. The van der Waals surface area contributed by atoms with E-state index < -0.39 is 5.60 Å². The lowest BCUT2D eigenvalue weighted by Gasteiger charge is -2.40. The Bertz CT molecular complexity index is 518. The van der Waals surface area contributed by atoms with Crippen molar-refractivity contribution in [2.75, 3.05) is 24.5 Å². The van der Waals surface area contributed by atoms with Gasteiger partial charge in [0.1, 0.15) is 10.8 Å². The van der Waals surface area contributed by atoms with E-state index >= 15 is 0 Å². The van der Waals surface area contributed by atoms with Gasteiger partial charge in [0, 0.05) is 31.9 Å². The van der Waals surface area contributed by atoms with Crippen molar-refractivity contribution in [3.63, 3.8) is 0 Å². The molecule has 1 fully saturated rings. The van der Waals surface area contributed by atoms with Crippen LogP contribution in [0.1, 0.15) is 27.7 Å². The largest absolute Gasteiger partial charge is 0.444 e. The number of hydrogen-bond donors (Lipinski definition) is 0. The average Bonchev–Trinajstić information content (AvgIpc) is 2.36. The monoisotopic (exact) mass is 312 g/mol. The molecule has 2 heterocycles. The molecule has 1 atom stereocenters. The van der Waals surface area contributed by atoms with E-state index in [9.17, 15) is 4.79 Å². The Morgan fingerprint density at radius 2 is 2.14 bits per heavy atom. The molecule has 1 aliphatic heterocycles. The molecule has 21 heavy (non-hydrogen) atoms. The molecule has 7 heteroatoms.